The van der Waals surface area contributed by atoms with Crippen molar-refractivity contribution in [3.05, 3.63) is 94.0 Å². The van der Waals surface area contributed by atoms with Crippen molar-refractivity contribution in [2.45, 2.75) is 18.8 Å². The van der Waals surface area contributed by atoms with Gasteiger partial charge in [-0.15, -0.1) is 0 Å². The highest BCUT2D eigenvalue weighted by Crippen LogP contribution is 2.34. The molecule has 1 atom stereocenters. The molecular formula is C26H23ClO6. The quantitative estimate of drug-likeness (QED) is 0.386. The Labute approximate surface area is 196 Å². The number of methoxy groups -OCH3 is 2. The third-order valence-corrected chi connectivity index (χ3v) is 5.59. The van der Waals surface area contributed by atoms with E-state index in [0.29, 0.717) is 27.6 Å². The van der Waals surface area contributed by atoms with Crippen molar-refractivity contribution in [2.75, 3.05) is 14.2 Å². The molecule has 0 saturated heterocycles. The first-order valence-electron chi connectivity index (χ1n) is 10.2. The molecule has 0 heterocycles. The van der Waals surface area contributed by atoms with Crippen molar-refractivity contribution in [2.24, 2.45) is 0 Å². The number of benzene rings is 3. The molecule has 0 bridgehead atoms. The minimum absolute atomic E-state index is 0.00785. The maximum Gasteiger partial charge on any atom is 0.335 e. The van der Waals surface area contributed by atoms with Crippen molar-refractivity contribution >= 4 is 29.1 Å². The minimum atomic E-state index is -1.09. The summed E-state index contributed by atoms with van der Waals surface area (Å²) in [5, 5.41) is 9.90. The summed E-state index contributed by atoms with van der Waals surface area (Å²) in [5.41, 5.74) is 1.40. The van der Waals surface area contributed by atoms with Gasteiger partial charge in [-0.25, -0.2) is 4.79 Å². The lowest BCUT2D eigenvalue weighted by Gasteiger charge is -2.19. The van der Waals surface area contributed by atoms with Gasteiger partial charge in [0.25, 0.3) is 0 Å². The fourth-order valence-electron chi connectivity index (χ4n) is 3.66. The Bertz CT molecular complexity index is 1150. The van der Waals surface area contributed by atoms with Gasteiger partial charge in [0.15, 0.2) is 11.6 Å². The van der Waals surface area contributed by atoms with Crippen molar-refractivity contribution in [3.63, 3.8) is 0 Å². The van der Waals surface area contributed by atoms with E-state index in [9.17, 15) is 19.5 Å². The van der Waals surface area contributed by atoms with Gasteiger partial charge in [-0.2, -0.15) is 0 Å². The van der Waals surface area contributed by atoms with Gasteiger partial charge in [0.1, 0.15) is 17.1 Å². The second-order valence-corrected chi connectivity index (χ2v) is 7.86. The number of carbonyl (C=O) groups is 3. The van der Waals surface area contributed by atoms with E-state index < -0.39 is 11.9 Å². The van der Waals surface area contributed by atoms with Crippen LogP contribution in [0.3, 0.4) is 0 Å². The lowest BCUT2D eigenvalue weighted by atomic mass is 9.85. The molecule has 0 spiro atoms. The van der Waals surface area contributed by atoms with Crippen LogP contribution in [-0.2, 0) is 0 Å². The standard InChI is InChI=1S/C26H23ClO6/c1-32-23-7-4-8-24(33-2)25(23)22(29)15-19(17-5-3-6-18(13-17)26(30)31)14-21(28)16-9-11-20(27)12-10-16/h3-13,19H,14-15H2,1-2H3,(H,30,31). The van der Waals surface area contributed by atoms with Gasteiger partial charge < -0.3 is 14.6 Å². The number of carbonyl (C=O) groups excluding carboxylic acids is 2. The third-order valence-electron chi connectivity index (χ3n) is 5.34. The highest BCUT2D eigenvalue weighted by atomic mass is 35.5. The maximum absolute atomic E-state index is 13.4. The number of aromatic carboxylic acids is 1. The normalized spacial score (nSPS) is 11.5. The lowest BCUT2D eigenvalue weighted by Crippen LogP contribution is -2.14. The molecule has 0 saturated carbocycles. The molecule has 0 aromatic heterocycles. The summed E-state index contributed by atoms with van der Waals surface area (Å²) in [6.07, 6.45) is -0.0347. The van der Waals surface area contributed by atoms with E-state index in [2.05, 4.69) is 0 Å². The van der Waals surface area contributed by atoms with E-state index in [0.717, 1.165) is 0 Å². The van der Waals surface area contributed by atoms with E-state index in [4.69, 9.17) is 21.1 Å². The Hall–Kier alpha value is -3.64. The van der Waals surface area contributed by atoms with Crippen LogP contribution >= 0.6 is 11.6 Å². The van der Waals surface area contributed by atoms with Crippen molar-refractivity contribution < 1.29 is 29.0 Å². The fourth-order valence-corrected chi connectivity index (χ4v) is 3.79. The summed E-state index contributed by atoms with van der Waals surface area (Å²) in [6.45, 7) is 0. The monoisotopic (exact) mass is 466 g/mol. The van der Waals surface area contributed by atoms with E-state index >= 15 is 0 Å². The van der Waals surface area contributed by atoms with Gasteiger partial charge >= 0.3 is 5.97 Å². The zero-order valence-electron chi connectivity index (χ0n) is 18.2. The second kappa shape index (κ2) is 10.8. The molecule has 0 aliphatic rings. The first kappa shape index (κ1) is 24.0. The zero-order valence-corrected chi connectivity index (χ0v) is 19.0. The van der Waals surface area contributed by atoms with E-state index in [1.54, 1.807) is 54.6 Å². The molecule has 0 aliphatic heterocycles. The summed E-state index contributed by atoms with van der Waals surface area (Å²) < 4.78 is 10.7. The SMILES string of the molecule is COc1cccc(OC)c1C(=O)CC(CC(=O)c1ccc(Cl)cc1)c1cccc(C(=O)O)c1. The van der Waals surface area contributed by atoms with Crippen molar-refractivity contribution in [1.82, 2.24) is 0 Å². The second-order valence-electron chi connectivity index (χ2n) is 7.43. The molecule has 1 unspecified atom stereocenters. The Morgan fingerprint density at radius 1 is 0.818 bits per heavy atom. The molecule has 33 heavy (non-hydrogen) atoms. The van der Waals surface area contributed by atoms with Gasteiger partial charge in [-0.05, 0) is 60.0 Å². The van der Waals surface area contributed by atoms with E-state index in [1.807, 2.05) is 0 Å². The Balaban J connectivity index is 1.98. The van der Waals surface area contributed by atoms with Crippen LogP contribution in [0.2, 0.25) is 5.02 Å². The maximum atomic E-state index is 13.4. The number of carboxylic acids is 1. The first-order valence-corrected chi connectivity index (χ1v) is 10.6. The Morgan fingerprint density at radius 2 is 1.39 bits per heavy atom. The van der Waals surface area contributed by atoms with Crippen LogP contribution in [0.1, 0.15) is 55.4 Å². The first-order chi connectivity index (χ1) is 15.8. The van der Waals surface area contributed by atoms with Crippen LogP contribution in [-0.4, -0.2) is 36.9 Å². The molecule has 1 N–H and O–H groups in total. The molecule has 0 amide bonds. The van der Waals surface area contributed by atoms with Crippen LogP contribution in [0.5, 0.6) is 11.5 Å². The highest BCUT2D eigenvalue weighted by Gasteiger charge is 2.26. The van der Waals surface area contributed by atoms with E-state index in [-0.39, 0.29) is 35.5 Å². The average Bonchev–Trinajstić information content (AvgIpc) is 2.83. The summed E-state index contributed by atoms with van der Waals surface area (Å²) >= 11 is 5.92. The van der Waals surface area contributed by atoms with Gasteiger partial charge in [-0.1, -0.05) is 29.8 Å². The zero-order chi connectivity index (χ0) is 24.0. The van der Waals surface area contributed by atoms with Crippen molar-refractivity contribution in [1.29, 1.82) is 0 Å². The molecule has 170 valence electrons. The van der Waals surface area contributed by atoms with Gasteiger partial charge in [0.2, 0.25) is 0 Å². The Morgan fingerprint density at radius 3 is 1.97 bits per heavy atom. The Kier molecular flexibility index (Phi) is 7.85. The number of carboxylic acid groups (broad SMARTS) is 1. The topological polar surface area (TPSA) is 89.9 Å². The molecule has 6 nitrogen and oxygen atoms in total. The fraction of sp³-hybridized carbons (Fsp3) is 0.192. The van der Waals surface area contributed by atoms with Crippen LogP contribution in [0.15, 0.2) is 66.7 Å². The molecule has 0 radical (unpaired) electrons. The predicted molar refractivity (Wildman–Crippen MR) is 125 cm³/mol. The minimum Gasteiger partial charge on any atom is -0.496 e. The van der Waals surface area contributed by atoms with E-state index in [1.165, 1.54) is 26.4 Å². The van der Waals surface area contributed by atoms with Crippen molar-refractivity contribution in [3.8, 4) is 11.5 Å². The van der Waals surface area contributed by atoms with Gasteiger partial charge in [-0.3, -0.25) is 9.59 Å². The molecule has 0 aliphatic carbocycles. The number of rotatable bonds is 10. The summed E-state index contributed by atoms with van der Waals surface area (Å²) in [4.78, 5) is 37.8. The molecule has 7 heteroatoms. The average molecular weight is 467 g/mol. The van der Waals surface area contributed by atoms with Crippen LogP contribution in [0, 0.1) is 0 Å². The predicted octanol–water partition coefficient (Wildman–Crippen LogP) is 5.69. The number of ketones is 2. The summed E-state index contributed by atoms with van der Waals surface area (Å²) in [6, 6.07) is 17.8. The van der Waals surface area contributed by atoms with Gasteiger partial charge in [0, 0.05) is 23.4 Å². The molecule has 0 fully saturated rings. The molecule has 3 aromatic carbocycles. The number of ether oxygens (including phenoxy) is 2. The number of hydrogen-bond acceptors (Lipinski definition) is 5. The molecule has 3 aromatic rings. The number of halogens is 1. The summed E-state index contributed by atoms with van der Waals surface area (Å²) in [7, 11) is 2.92. The largest absolute Gasteiger partial charge is 0.496 e. The van der Waals surface area contributed by atoms with Crippen LogP contribution < -0.4 is 9.47 Å². The molecule has 3 rings (SSSR count). The highest BCUT2D eigenvalue weighted by molar-refractivity contribution is 6.30. The number of Topliss-reactive ketones (excluding diaryl/α,β-unsaturated/α-hetero) is 2. The molecular weight excluding hydrogens is 444 g/mol. The summed E-state index contributed by atoms with van der Waals surface area (Å²) in [5.74, 6) is -1.38. The smallest absolute Gasteiger partial charge is 0.335 e. The third kappa shape index (κ3) is 5.79. The van der Waals surface area contributed by atoms with Crippen LogP contribution in [0.4, 0.5) is 0 Å². The lowest BCUT2D eigenvalue weighted by molar-refractivity contribution is 0.0696. The number of hydrogen-bond donors (Lipinski definition) is 1. The van der Waals surface area contributed by atoms with Crippen LogP contribution in [0.25, 0.3) is 0 Å². The van der Waals surface area contributed by atoms with Gasteiger partial charge in [0.05, 0.1) is 19.8 Å².